The zero-order valence-corrected chi connectivity index (χ0v) is 15.5. The normalized spacial score (nSPS) is 10.7. The zero-order valence-electron chi connectivity index (χ0n) is 14.0. The smallest absolute Gasteiger partial charge is 0.256 e. The summed E-state index contributed by atoms with van der Waals surface area (Å²) >= 11 is 12.3. The standard InChI is InChI=1S/C21H13Cl2N3O/c22-13-7-8-16(18(23)10-13)20-11-17(15-5-1-2-6-19(15)26-20)21(27)25-14-4-3-9-24-12-14/h1-12H,(H,25,27). The van der Waals surface area contributed by atoms with Gasteiger partial charge in [0.2, 0.25) is 0 Å². The lowest BCUT2D eigenvalue weighted by molar-refractivity contribution is 0.102. The van der Waals surface area contributed by atoms with Crippen LogP contribution >= 0.6 is 23.2 Å². The summed E-state index contributed by atoms with van der Waals surface area (Å²) in [5, 5.41) is 4.64. The highest BCUT2D eigenvalue weighted by Gasteiger charge is 2.15. The number of aromatic nitrogens is 2. The second-order valence-corrected chi connectivity index (χ2v) is 6.74. The molecular formula is C21H13Cl2N3O. The van der Waals surface area contributed by atoms with E-state index in [0.717, 1.165) is 5.39 Å². The van der Waals surface area contributed by atoms with Crippen LogP contribution in [-0.4, -0.2) is 15.9 Å². The molecule has 2 aromatic carbocycles. The third-order valence-electron chi connectivity index (χ3n) is 4.09. The maximum atomic E-state index is 12.9. The number of nitrogens with zero attached hydrogens (tertiary/aromatic N) is 2. The van der Waals surface area contributed by atoms with Gasteiger partial charge in [-0.3, -0.25) is 9.78 Å². The number of fused-ring (bicyclic) bond motifs is 1. The SMILES string of the molecule is O=C(Nc1cccnc1)c1cc(-c2ccc(Cl)cc2Cl)nc2ccccc12. The Morgan fingerprint density at radius 3 is 2.59 bits per heavy atom. The molecule has 1 amide bonds. The van der Waals surface area contributed by atoms with Crippen LogP contribution in [-0.2, 0) is 0 Å². The van der Waals surface area contributed by atoms with Gasteiger partial charge < -0.3 is 5.32 Å². The van der Waals surface area contributed by atoms with Crippen LogP contribution < -0.4 is 5.32 Å². The van der Waals surface area contributed by atoms with Crippen molar-refractivity contribution in [2.75, 3.05) is 5.32 Å². The van der Waals surface area contributed by atoms with Gasteiger partial charge in [-0.15, -0.1) is 0 Å². The van der Waals surface area contributed by atoms with Crippen LogP contribution in [0.1, 0.15) is 10.4 Å². The molecule has 0 saturated carbocycles. The lowest BCUT2D eigenvalue weighted by Gasteiger charge is -2.11. The molecule has 0 aliphatic heterocycles. The fraction of sp³-hybridized carbons (Fsp3) is 0. The van der Waals surface area contributed by atoms with Gasteiger partial charge in [-0.1, -0.05) is 41.4 Å². The van der Waals surface area contributed by atoms with E-state index in [-0.39, 0.29) is 5.91 Å². The Morgan fingerprint density at radius 2 is 1.81 bits per heavy atom. The highest BCUT2D eigenvalue weighted by molar-refractivity contribution is 6.36. The fourth-order valence-electron chi connectivity index (χ4n) is 2.83. The highest BCUT2D eigenvalue weighted by atomic mass is 35.5. The summed E-state index contributed by atoms with van der Waals surface area (Å²) in [5.41, 5.74) is 3.14. The van der Waals surface area contributed by atoms with Crippen molar-refractivity contribution in [1.82, 2.24) is 9.97 Å². The monoisotopic (exact) mass is 393 g/mol. The molecule has 1 N–H and O–H groups in total. The van der Waals surface area contributed by atoms with Crippen molar-refractivity contribution < 1.29 is 4.79 Å². The van der Waals surface area contributed by atoms with Gasteiger partial charge in [0.25, 0.3) is 5.91 Å². The van der Waals surface area contributed by atoms with E-state index in [0.29, 0.717) is 38.1 Å². The first-order valence-corrected chi connectivity index (χ1v) is 8.94. The van der Waals surface area contributed by atoms with Crippen LogP contribution in [0, 0.1) is 0 Å². The second kappa shape index (κ2) is 7.35. The number of para-hydroxylation sites is 1. The van der Waals surface area contributed by atoms with E-state index in [1.54, 1.807) is 48.8 Å². The van der Waals surface area contributed by atoms with Crippen LogP contribution in [0.4, 0.5) is 5.69 Å². The van der Waals surface area contributed by atoms with E-state index >= 15 is 0 Å². The number of carbonyl (C=O) groups is 1. The number of nitrogens with one attached hydrogen (secondary N) is 1. The minimum atomic E-state index is -0.243. The Bertz CT molecular complexity index is 1150. The van der Waals surface area contributed by atoms with E-state index < -0.39 is 0 Å². The molecule has 27 heavy (non-hydrogen) atoms. The van der Waals surface area contributed by atoms with Gasteiger partial charge in [0.1, 0.15) is 0 Å². The predicted octanol–water partition coefficient (Wildman–Crippen LogP) is 5.86. The first-order chi connectivity index (χ1) is 13.1. The molecule has 0 atom stereocenters. The number of rotatable bonds is 3. The first-order valence-electron chi connectivity index (χ1n) is 8.18. The molecule has 4 nitrogen and oxygen atoms in total. The lowest BCUT2D eigenvalue weighted by Crippen LogP contribution is -2.13. The molecule has 6 heteroatoms. The Balaban J connectivity index is 1.85. The molecule has 4 rings (SSSR count). The Hall–Kier alpha value is -2.95. The van der Waals surface area contributed by atoms with E-state index in [1.807, 2.05) is 24.3 Å². The van der Waals surface area contributed by atoms with Gasteiger partial charge in [-0.2, -0.15) is 0 Å². The molecule has 0 aliphatic carbocycles. The number of amides is 1. The quantitative estimate of drug-likeness (QED) is 0.474. The third kappa shape index (κ3) is 3.63. The predicted molar refractivity (Wildman–Crippen MR) is 109 cm³/mol. The zero-order chi connectivity index (χ0) is 18.8. The summed E-state index contributed by atoms with van der Waals surface area (Å²) in [4.78, 5) is 21.6. The van der Waals surface area contributed by atoms with E-state index in [1.165, 1.54) is 0 Å². The summed E-state index contributed by atoms with van der Waals surface area (Å²) in [5.74, 6) is -0.243. The second-order valence-electron chi connectivity index (χ2n) is 5.89. The fourth-order valence-corrected chi connectivity index (χ4v) is 3.34. The average molecular weight is 394 g/mol. The highest BCUT2D eigenvalue weighted by Crippen LogP contribution is 2.32. The van der Waals surface area contributed by atoms with Crippen molar-refractivity contribution in [3.05, 3.63) is 88.7 Å². The van der Waals surface area contributed by atoms with Crippen molar-refractivity contribution in [2.24, 2.45) is 0 Å². The number of benzene rings is 2. The van der Waals surface area contributed by atoms with Crippen LogP contribution in [0.2, 0.25) is 10.0 Å². The molecule has 132 valence electrons. The van der Waals surface area contributed by atoms with Gasteiger partial charge in [-0.25, -0.2) is 4.98 Å². The van der Waals surface area contributed by atoms with Crippen LogP contribution in [0.25, 0.3) is 22.2 Å². The molecule has 4 aromatic rings. The summed E-state index contributed by atoms with van der Waals surface area (Å²) in [6.07, 6.45) is 3.25. The van der Waals surface area contributed by atoms with Crippen molar-refractivity contribution in [3.63, 3.8) is 0 Å². The summed E-state index contributed by atoms with van der Waals surface area (Å²) in [6, 6.07) is 18.0. The molecular weight excluding hydrogens is 381 g/mol. The first kappa shape index (κ1) is 17.5. The number of carbonyl (C=O) groups excluding carboxylic acids is 1. The van der Waals surface area contributed by atoms with E-state index in [2.05, 4.69) is 15.3 Å². The Labute approximate surface area is 165 Å². The summed E-state index contributed by atoms with van der Waals surface area (Å²) in [6.45, 7) is 0. The molecule has 0 radical (unpaired) electrons. The molecule has 0 saturated heterocycles. The van der Waals surface area contributed by atoms with Gasteiger partial charge in [0, 0.05) is 22.2 Å². The lowest BCUT2D eigenvalue weighted by atomic mass is 10.0. The number of pyridine rings is 2. The van der Waals surface area contributed by atoms with Crippen molar-refractivity contribution in [1.29, 1.82) is 0 Å². The molecule has 0 bridgehead atoms. The minimum Gasteiger partial charge on any atom is -0.321 e. The molecule has 2 aromatic heterocycles. The molecule has 0 unspecified atom stereocenters. The Kier molecular flexibility index (Phi) is 4.75. The van der Waals surface area contributed by atoms with Crippen molar-refractivity contribution >= 4 is 45.7 Å². The van der Waals surface area contributed by atoms with Gasteiger partial charge in [0.05, 0.1) is 33.7 Å². The summed E-state index contributed by atoms with van der Waals surface area (Å²) in [7, 11) is 0. The maximum Gasteiger partial charge on any atom is 0.256 e. The maximum absolute atomic E-state index is 12.9. The molecule has 0 aliphatic rings. The number of hydrogen-bond acceptors (Lipinski definition) is 3. The van der Waals surface area contributed by atoms with E-state index in [9.17, 15) is 4.79 Å². The number of anilines is 1. The molecule has 2 heterocycles. The van der Waals surface area contributed by atoms with Crippen LogP contribution in [0.15, 0.2) is 73.1 Å². The molecule has 0 spiro atoms. The van der Waals surface area contributed by atoms with Gasteiger partial charge >= 0.3 is 0 Å². The topological polar surface area (TPSA) is 54.9 Å². The van der Waals surface area contributed by atoms with Crippen LogP contribution in [0.3, 0.4) is 0 Å². The number of halogens is 2. The van der Waals surface area contributed by atoms with Gasteiger partial charge in [0.15, 0.2) is 0 Å². The minimum absolute atomic E-state index is 0.243. The van der Waals surface area contributed by atoms with E-state index in [4.69, 9.17) is 23.2 Å². The Morgan fingerprint density at radius 1 is 0.963 bits per heavy atom. The van der Waals surface area contributed by atoms with Crippen molar-refractivity contribution in [2.45, 2.75) is 0 Å². The van der Waals surface area contributed by atoms with Crippen LogP contribution in [0.5, 0.6) is 0 Å². The third-order valence-corrected chi connectivity index (χ3v) is 4.64. The number of hydrogen-bond donors (Lipinski definition) is 1. The average Bonchev–Trinajstić information content (AvgIpc) is 2.68. The van der Waals surface area contributed by atoms with Crippen molar-refractivity contribution in [3.8, 4) is 11.3 Å². The molecule has 0 fully saturated rings. The van der Waals surface area contributed by atoms with Gasteiger partial charge in [-0.05, 0) is 42.5 Å². The summed E-state index contributed by atoms with van der Waals surface area (Å²) < 4.78 is 0. The largest absolute Gasteiger partial charge is 0.321 e.